The summed E-state index contributed by atoms with van der Waals surface area (Å²) in [4.78, 5) is 16.4. The quantitative estimate of drug-likeness (QED) is 0.704. The van der Waals surface area contributed by atoms with E-state index in [1.165, 1.54) is 5.56 Å². The number of amides is 1. The number of carbonyl (C=O) groups is 1. The third-order valence-electron chi connectivity index (χ3n) is 4.04. The maximum Gasteiger partial charge on any atom is 0.253 e. The maximum atomic E-state index is 12.3. The summed E-state index contributed by atoms with van der Waals surface area (Å²) in [5, 5.41) is 6.10. The van der Waals surface area contributed by atoms with Gasteiger partial charge in [-0.1, -0.05) is 32.9 Å². The number of furan rings is 1. The van der Waals surface area contributed by atoms with Crippen LogP contribution >= 0.6 is 0 Å². The van der Waals surface area contributed by atoms with Crippen molar-refractivity contribution in [2.75, 3.05) is 5.32 Å². The van der Waals surface area contributed by atoms with Crippen molar-refractivity contribution in [1.29, 1.82) is 0 Å². The van der Waals surface area contributed by atoms with Crippen LogP contribution in [0.15, 0.2) is 65.5 Å². The predicted octanol–water partition coefficient (Wildman–Crippen LogP) is 4.65. The van der Waals surface area contributed by atoms with Crippen LogP contribution < -0.4 is 10.6 Å². The number of aromatic nitrogens is 1. The summed E-state index contributed by atoms with van der Waals surface area (Å²) in [6, 6.07) is 13.7. The Hall–Kier alpha value is -3.08. The molecule has 2 N–H and O–H groups in total. The lowest BCUT2D eigenvalue weighted by molar-refractivity contribution is 0.0947. The normalized spacial score (nSPS) is 11.2. The first-order valence-electron chi connectivity index (χ1n) is 8.55. The molecule has 5 nitrogen and oxygen atoms in total. The average Bonchev–Trinajstić information content (AvgIpc) is 3.13. The van der Waals surface area contributed by atoms with E-state index in [-0.39, 0.29) is 11.3 Å². The summed E-state index contributed by atoms with van der Waals surface area (Å²) in [5.41, 5.74) is 3.60. The van der Waals surface area contributed by atoms with Crippen molar-refractivity contribution in [2.24, 2.45) is 0 Å². The lowest BCUT2D eigenvalue weighted by Crippen LogP contribution is -2.22. The second-order valence-electron chi connectivity index (χ2n) is 7.18. The van der Waals surface area contributed by atoms with Crippen molar-refractivity contribution >= 4 is 17.3 Å². The molecule has 134 valence electrons. The Balaban J connectivity index is 1.66. The summed E-state index contributed by atoms with van der Waals surface area (Å²) in [5.74, 6) is 0.514. The van der Waals surface area contributed by atoms with Gasteiger partial charge in [-0.15, -0.1) is 0 Å². The third-order valence-corrected chi connectivity index (χ3v) is 4.04. The van der Waals surface area contributed by atoms with Crippen molar-refractivity contribution in [1.82, 2.24) is 10.3 Å². The molecule has 0 radical (unpaired) electrons. The van der Waals surface area contributed by atoms with Crippen molar-refractivity contribution in [3.63, 3.8) is 0 Å². The minimum Gasteiger partial charge on any atom is -0.467 e. The Labute approximate surface area is 153 Å². The summed E-state index contributed by atoms with van der Waals surface area (Å²) >= 11 is 0. The van der Waals surface area contributed by atoms with E-state index in [4.69, 9.17) is 4.42 Å². The molecule has 0 bridgehead atoms. The topological polar surface area (TPSA) is 67.2 Å². The van der Waals surface area contributed by atoms with Crippen LogP contribution in [0.5, 0.6) is 0 Å². The van der Waals surface area contributed by atoms with Gasteiger partial charge in [0.2, 0.25) is 0 Å². The van der Waals surface area contributed by atoms with Gasteiger partial charge < -0.3 is 15.1 Å². The highest BCUT2D eigenvalue weighted by atomic mass is 16.3. The molecule has 0 atom stereocenters. The summed E-state index contributed by atoms with van der Waals surface area (Å²) in [7, 11) is 0. The van der Waals surface area contributed by atoms with Crippen molar-refractivity contribution in [2.45, 2.75) is 32.7 Å². The number of hydrogen-bond donors (Lipinski definition) is 2. The van der Waals surface area contributed by atoms with Gasteiger partial charge in [-0.2, -0.15) is 0 Å². The molecule has 0 aliphatic carbocycles. The SMILES string of the molecule is CC(C)(C)c1ccc(Nc2cncc(C(=O)NCc3ccco3)c2)cc1. The molecule has 26 heavy (non-hydrogen) atoms. The predicted molar refractivity (Wildman–Crippen MR) is 103 cm³/mol. The molecule has 5 heteroatoms. The molecule has 0 fully saturated rings. The highest BCUT2D eigenvalue weighted by Gasteiger charge is 2.13. The van der Waals surface area contributed by atoms with Crippen LogP contribution in [0.1, 0.15) is 42.5 Å². The molecule has 0 unspecified atom stereocenters. The molecule has 0 aliphatic heterocycles. The zero-order valence-electron chi connectivity index (χ0n) is 15.2. The number of nitrogens with one attached hydrogen (secondary N) is 2. The zero-order chi connectivity index (χ0) is 18.6. The van der Waals surface area contributed by atoms with Gasteiger partial charge in [0.15, 0.2) is 0 Å². The van der Waals surface area contributed by atoms with E-state index in [1.54, 1.807) is 30.8 Å². The van der Waals surface area contributed by atoms with E-state index in [1.807, 2.05) is 18.2 Å². The minimum absolute atomic E-state index is 0.117. The molecule has 1 aromatic carbocycles. The van der Waals surface area contributed by atoms with Crippen LogP contribution in [-0.2, 0) is 12.0 Å². The molecule has 1 amide bonds. The smallest absolute Gasteiger partial charge is 0.253 e. The molecule has 2 aromatic heterocycles. The summed E-state index contributed by atoms with van der Waals surface area (Å²) < 4.78 is 5.21. The number of nitrogens with zero attached hydrogens (tertiary/aromatic N) is 1. The van der Waals surface area contributed by atoms with E-state index in [9.17, 15) is 4.79 Å². The Morgan fingerprint density at radius 3 is 2.50 bits per heavy atom. The summed E-state index contributed by atoms with van der Waals surface area (Å²) in [6.45, 7) is 6.90. The van der Waals surface area contributed by atoms with Gasteiger partial charge in [-0.05, 0) is 41.3 Å². The van der Waals surface area contributed by atoms with Crippen LogP contribution in [-0.4, -0.2) is 10.9 Å². The third kappa shape index (κ3) is 4.51. The van der Waals surface area contributed by atoms with E-state index in [2.05, 4.69) is 48.5 Å². The highest BCUT2D eigenvalue weighted by molar-refractivity contribution is 5.94. The number of rotatable bonds is 5. The first-order chi connectivity index (χ1) is 12.4. The fourth-order valence-corrected chi connectivity index (χ4v) is 2.54. The Kier molecular flexibility index (Phi) is 5.07. The summed E-state index contributed by atoms with van der Waals surface area (Å²) in [6.07, 6.45) is 4.82. The highest BCUT2D eigenvalue weighted by Crippen LogP contribution is 2.25. The van der Waals surface area contributed by atoms with Crippen LogP contribution in [0, 0.1) is 0 Å². The van der Waals surface area contributed by atoms with Gasteiger partial charge in [0, 0.05) is 11.9 Å². The van der Waals surface area contributed by atoms with E-state index in [0.717, 1.165) is 11.4 Å². The molecule has 0 saturated heterocycles. The fraction of sp³-hybridized carbons (Fsp3) is 0.238. The molecule has 0 aliphatic rings. The number of anilines is 2. The molecule has 0 saturated carbocycles. The van der Waals surface area contributed by atoms with Gasteiger partial charge in [0.25, 0.3) is 5.91 Å². The second-order valence-corrected chi connectivity index (χ2v) is 7.18. The number of pyridine rings is 1. The molecule has 0 spiro atoms. The minimum atomic E-state index is -0.194. The largest absolute Gasteiger partial charge is 0.467 e. The molecule has 3 rings (SSSR count). The number of benzene rings is 1. The molecule has 2 heterocycles. The van der Waals surface area contributed by atoms with Crippen molar-refractivity contribution in [3.05, 3.63) is 78.0 Å². The van der Waals surface area contributed by atoms with Crippen molar-refractivity contribution < 1.29 is 9.21 Å². The first kappa shape index (κ1) is 17.7. The van der Waals surface area contributed by atoms with E-state index >= 15 is 0 Å². The molecular weight excluding hydrogens is 326 g/mol. The fourth-order valence-electron chi connectivity index (χ4n) is 2.54. The van der Waals surface area contributed by atoms with Gasteiger partial charge in [-0.25, -0.2) is 0 Å². The van der Waals surface area contributed by atoms with Crippen LogP contribution in [0.4, 0.5) is 11.4 Å². The zero-order valence-corrected chi connectivity index (χ0v) is 15.2. The Bertz CT molecular complexity index is 863. The Morgan fingerprint density at radius 1 is 1.08 bits per heavy atom. The molecule has 3 aromatic rings. The first-order valence-corrected chi connectivity index (χ1v) is 8.55. The van der Waals surface area contributed by atoms with Gasteiger partial charge >= 0.3 is 0 Å². The van der Waals surface area contributed by atoms with Crippen LogP contribution in [0.2, 0.25) is 0 Å². The lowest BCUT2D eigenvalue weighted by Gasteiger charge is -2.19. The van der Waals surface area contributed by atoms with Crippen LogP contribution in [0.3, 0.4) is 0 Å². The number of carbonyl (C=O) groups excluding carboxylic acids is 1. The van der Waals surface area contributed by atoms with Gasteiger partial charge in [0.1, 0.15) is 5.76 Å². The van der Waals surface area contributed by atoms with Crippen molar-refractivity contribution in [3.8, 4) is 0 Å². The standard InChI is InChI=1S/C21H23N3O2/c1-21(2,3)16-6-8-17(9-7-16)24-18-11-15(12-22-13-18)20(25)23-14-19-5-4-10-26-19/h4-13,24H,14H2,1-3H3,(H,23,25). The second kappa shape index (κ2) is 7.44. The van der Waals surface area contributed by atoms with Gasteiger partial charge in [-0.3, -0.25) is 9.78 Å². The van der Waals surface area contributed by atoms with Crippen LogP contribution in [0.25, 0.3) is 0 Å². The molecular formula is C21H23N3O2. The monoisotopic (exact) mass is 349 g/mol. The van der Waals surface area contributed by atoms with E-state index in [0.29, 0.717) is 17.9 Å². The number of hydrogen-bond acceptors (Lipinski definition) is 4. The lowest BCUT2D eigenvalue weighted by atomic mass is 9.87. The van der Waals surface area contributed by atoms with Gasteiger partial charge in [0.05, 0.1) is 30.3 Å². The maximum absolute atomic E-state index is 12.3. The Morgan fingerprint density at radius 2 is 1.85 bits per heavy atom. The van der Waals surface area contributed by atoms with E-state index < -0.39 is 0 Å². The average molecular weight is 349 g/mol.